The zero-order chi connectivity index (χ0) is 18.5. The molecule has 0 aromatic heterocycles. The molecule has 3 aromatic rings. The quantitative estimate of drug-likeness (QED) is 0.426. The van der Waals surface area contributed by atoms with Gasteiger partial charge in [0.1, 0.15) is 11.5 Å². The van der Waals surface area contributed by atoms with Crippen molar-refractivity contribution in [3.8, 4) is 11.5 Å². The molecule has 0 radical (unpaired) electrons. The van der Waals surface area contributed by atoms with Crippen LogP contribution in [-0.4, -0.2) is 11.9 Å². The van der Waals surface area contributed by atoms with Gasteiger partial charge in [-0.2, -0.15) is 0 Å². The van der Waals surface area contributed by atoms with Gasteiger partial charge in [0.25, 0.3) is 0 Å². The van der Waals surface area contributed by atoms with Crippen molar-refractivity contribution >= 4 is 23.3 Å². The van der Waals surface area contributed by atoms with Crippen LogP contribution in [0.1, 0.15) is 20.7 Å². The Morgan fingerprint density at radius 1 is 0.615 bits per heavy atom. The SMILES string of the molecule is Nc1ccc(OC(=O)c2cccc(C(=O)Oc3cccc(N)c3)c2)cc1. The van der Waals surface area contributed by atoms with Crippen molar-refractivity contribution < 1.29 is 19.1 Å². The number of nitrogens with two attached hydrogens (primary N) is 2. The van der Waals surface area contributed by atoms with Crippen molar-refractivity contribution in [3.05, 3.63) is 83.9 Å². The number of carbonyl (C=O) groups is 2. The number of rotatable bonds is 4. The van der Waals surface area contributed by atoms with Crippen LogP contribution < -0.4 is 20.9 Å². The van der Waals surface area contributed by atoms with E-state index in [0.717, 1.165) is 0 Å². The molecular formula is C20H16N2O4. The molecule has 0 heterocycles. The molecule has 0 fully saturated rings. The maximum atomic E-state index is 12.3. The first kappa shape index (κ1) is 17.0. The molecule has 130 valence electrons. The van der Waals surface area contributed by atoms with Crippen LogP contribution in [0.5, 0.6) is 11.5 Å². The summed E-state index contributed by atoms with van der Waals surface area (Å²) in [5.74, 6) is -0.507. The lowest BCUT2D eigenvalue weighted by atomic mass is 10.1. The molecule has 0 spiro atoms. The monoisotopic (exact) mass is 348 g/mol. The van der Waals surface area contributed by atoms with Crippen molar-refractivity contribution in [1.82, 2.24) is 0 Å². The first-order valence-electron chi connectivity index (χ1n) is 7.77. The molecule has 0 bridgehead atoms. The van der Waals surface area contributed by atoms with Gasteiger partial charge in [0, 0.05) is 17.4 Å². The first-order valence-corrected chi connectivity index (χ1v) is 7.77. The van der Waals surface area contributed by atoms with E-state index < -0.39 is 11.9 Å². The molecule has 0 amide bonds. The minimum absolute atomic E-state index is 0.221. The summed E-state index contributed by atoms with van der Waals surface area (Å²) in [6.07, 6.45) is 0. The van der Waals surface area contributed by atoms with Crippen LogP contribution in [0.25, 0.3) is 0 Å². The van der Waals surface area contributed by atoms with Crippen LogP contribution in [0.4, 0.5) is 11.4 Å². The van der Waals surface area contributed by atoms with E-state index in [2.05, 4.69) is 0 Å². The molecule has 0 saturated heterocycles. The number of anilines is 2. The van der Waals surface area contributed by atoms with Crippen molar-refractivity contribution in [3.63, 3.8) is 0 Å². The highest BCUT2D eigenvalue weighted by atomic mass is 16.5. The minimum atomic E-state index is -0.599. The predicted octanol–water partition coefficient (Wildman–Crippen LogP) is 3.29. The molecule has 26 heavy (non-hydrogen) atoms. The average molecular weight is 348 g/mol. The third kappa shape index (κ3) is 4.18. The number of nitrogen functional groups attached to an aromatic ring is 2. The number of carbonyl (C=O) groups excluding carboxylic acids is 2. The van der Waals surface area contributed by atoms with Crippen molar-refractivity contribution in [2.24, 2.45) is 0 Å². The van der Waals surface area contributed by atoms with Crippen LogP contribution in [0.15, 0.2) is 72.8 Å². The maximum absolute atomic E-state index is 12.3. The number of hydrogen-bond donors (Lipinski definition) is 2. The van der Waals surface area contributed by atoms with Crippen LogP contribution in [0.3, 0.4) is 0 Å². The molecular weight excluding hydrogens is 332 g/mol. The summed E-state index contributed by atoms with van der Waals surface area (Å²) in [5.41, 5.74) is 12.7. The van der Waals surface area contributed by atoms with Gasteiger partial charge in [-0.1, -0.05) is 12.1 Å². The average Bonchev–Trinajstić information content (AvgIpc) is 2.64. The van der Waals surface area contributed by atoms with Crippen molar-refractivity contribution in [1.29, 1.82) is 0 Å². The van der Waals surface area contributed by atoms with Gasteiger partial charge < -0.3 is 20.9 Å². The second-order valence-corrected chi connectivity index (χ2v) is 5.50. The highest BCUT2D eigenvalue weighted by molar-refractivity contribution is 5.96. The number of benzene rings is 3. The fourth-order valence-electron chi connectivity index (χ4n) is 2.22. The van der Waals surface area contributed by atoms with Crippen molar-refractivity contribution in [2.75, 3.05) is 11.5 Å². The fourth-order valence-corrected chi connectivity index (χ4v) is 2.22. The summed E-state index contributed by atoms with van der Waals surface area (Å²) in [5, 5.41) is 0. The number of ether oxygens (including phenoxy) is 2. The van der Waals surface area contributed by atoms with Gasteiger partial charge in [-0.3, -0.25) is 0 Å². The van der Waals surface area contributed by atoms with E-state index in [9.17, 15) is 9.59 Å². The zero-order valence-corrected chi connectivity index (χ0v) is 13.7. The minimum Gasteiger partial charge on any atom is -0.423 e. The molecule has 0 saturated carbocycles. The van der Waals surface area contributed by atoms with Gasteiger partial charge in [-0.05, 0) is 54.6 Å². The summed E-state index contributed by atoms with van der Waals surface area (Å²) in [4.78, 5) is 24.5. The predicted molar refractivity (Wildman–Crippen MR) is 98.1 cm³/mol. The Hall–Kier alpha value is -3.80. The highest BCUT2D eigenvalue weighted by Crippen LogP contribution is 2.18. The zero-order valence-electron chi connectivity index (χ0n) is 13.7. The second-order valence-electron chi connectivity index (χ2n) is 5.50. The molecule has 6 heteroatoms. The Morgan fingerprint density at radius 3 is 1.81 bits per heavy atom. The van der Waals surface area contributed by atoms with E-state index in [-0.39, 0.29) is 11.1 Å². The number of esters is 2. The Labute approximate surface area is 150 Å². The van der Waals surface area contributed by atoms with Gasteiger partial charge in [-0.25, -0.2) is 9.59 Å². The summed E-state index contributed by atoms with van der Waals surface area (Å²) in [6.45, 7) is 0. The Kier molecular flexibility index (Phi) is 4.85. The largest absolute Gasteiger partial charge is 0.423 e. The van der Waals surface area contributed by atoms with Crippen LogP contribution in [0.2, 0.25) is 0 Å². The normalized spacial score (nSPS) is 10.2. The fraction of sp³-hybridized carbons (Fsp3) is 0. The van der Waals surface area contributed by atoms with Gasteiger partial charge in [0.15, 0.2) is 0 Å². The Morgan fingerprint density at radius 2 is 1.19 bits per heavy atom. The smallest absolute Gasteiger partial charge is 0.343 e. The van der Waals surface area contributed by atoms with E-state index in [1.54, 1.807) is 60.7 Å². The topological polar surface area (TPSA) is 105 Å². The Bertz CT molecular complexity index is 952. The van der Waals surface area contributed by atoms with Crippen LogP contribution in [-0.2, 0) is 0 Å². The third-order valence-corrected chi connectivity index (χ3v) is 3.49. The molecule has 0 atom stereocenters. The summed E-state index contributed by atoms with van der Waals surface area (Å²) >= 11 is 0. The summed E-state index contributed by atoms with van der Waals surface area (Å²) in [7, 11) is 0. The van der Waals surface area contributed by atoms with Gasteiger partial charge in [0.05, 0.1) is 11.1 Å². The van der Waals surface area contributed by atoms with Gasteiger partial charge in [-0.15, -0.1) is 0 Å². The molecule has 0 unspecified atom stereocenters. The van der Waals surface area contributed by atoms with E-state index in [0.29, 0.717) is 22.9 Å². The summed E-state index contributed by atoms with van der Waals surface area (Å²) < 4.78 is 10.5. The van der Waals surface area contributed by atoms with E-state index in [1.165, 1.54) is 12.1 Å². The molecule has 4 N–H and O–H groups in total. The second kappa shape index (κ2) is 7.40. The standard InChI is InChI=1S/C20H16N2O4/c21-15-7-9-17(10-8-15)25-19(23)13-3-1-4-14(11-13)20(24)26-18-6-2-5-16(22)12-18/h1-12H,21-22H2. The lowest BCUT2D eigenvalue weighted by molar-refractivity contribution is 0.0734. The van der Waals surface area contributed by atoms with Crippen molar-refractivity contribution in [2.45, 2.75) is 0 Å². The highest BCUT2D eigenvalue weighted by Gasteiger charge is 2.14. The van der Waals surface area contributed by atoms with Crippen LogP contribution >= 0.6 is 0 Å². The lowest BCUT2D eigenvalue weighted by Gasteiger charge is -2.07. The molecule has 0 aliphatic carbocycles. The van der Waals surface area contributed by atoms with E-state index in [1.807, 2.05) is 0 Å². The maximum Gasteiger partial charge on any atom is 0.343 e. The van der Waals surface area contributed by atoms with E-state index in [4.69, 9.17) is 20.9 Å². The summed E-state index contributed by atoms with van der Waals surface area (Å²) in [6, 6.07) is 19.0. The molecule has 6 nitrogen and oxygen atoms in total. The Balaban J connectivity index is 1.73. The molecule has 0 aliphatic heterocycles. The number of hydrogen-bond acceptors (Lipinski definition) is 6. The van der Waals surface area contributed by atoms with Gasteiger partial charge in [0.2, 0.25) is 0 Å². The van der Waals surface area contributed by atoms with Gasteiger partial charge >= 0.3 is 11.9 Å². The third-order valence-electron chi connectivity index (χ3n) is 3.49. The van der Waals surface area contributed by atoms with E-state index >= 15 is 0 Å². The van der Waals surface area contributed by atoms with Crippen LogP contribution in [0, 0.1) is 0 Å². The molecule has 0 aliphatic rings. The first-order chi connectivity index (χ1) is 12.5. The lowest BCUT2D eigenvalue weighted by Crippen LogP contribution is -2.12. The molecule has 3 aromatic carbocycles. The molecule has 3 rings (SSSR count).